The Bertz CT molecular complexity index is 859. The minimum atomic E-state index is -3.70. The summed E-state index contributed by atoms with van der Waals surface area (Å²) >= 11 is 0. The summed E-state index contributed by atoms with van der Waals surface area (Å²) in [6.07, 6.45) is 0.134. The maximum atomic E-state index is 12.4. The maximum Gasteiger partial charge on any atom is 0.279 e. The Labute approximate surface area is 142 Å². The van der Waals surface area contributed by atoms with Gasteiger partial charge in [-0.15, -0.1) is 0 Å². The zero-order valence-electron chi connectivity index (χ0n) is 14.0. The van der Waals surface area contributed by atoms with Gasteiger partial charge in [-0.25, -0.2) is 0 Å². The number of fused-ring (bicyclic) bond motifs is 1. The van der Waals surface area contributed by atoms with E-state index in [4.69, 9.17) is 10.00 Å². The molecule has 0 saturated heterocycles. The van der Waals surface area contributed by atoms with Crippen molar-refractivity contribution in [3.63, 3.8) is 0 Å². The molecule has 0 aliphatic carbocycles. The molecule has 0 saturated carbocycles. The third-order valence-electron chi connectivity index (χ3n) is 4.04. The van der Waals surface area contributed by atoms with Gasteiger partial charge in [0.15, 0.2) is 0 Å². The molecule has 7 heteroatoms. The van der Waals surface area contributed by atoms with Gasteiger partial charge in [-0.2, -0.15) is 22.7 Å². The smallest absolute Gasteiger partial charge is 0.279 e. The summed E-state index contributed by atoms with van der Waals surface area (Å²) in [6.45, 7) is 1.80. The highest BCUT2D eigenvalue weighted by Crippen LogP contribution is 2.28. The summed E-state index contributed by atoms with van der Waals surface area (Å²) in [6, 6.07) is 13.1. The van der Waals surface area contributed by atoms with E-state index in [1.807, 2.05) is 42.5 Å². The van der Waals surface area contributed by atoms with Crippen LogP contribution < -0.4 is 9.46 Å². The third-order valence-corrected chi connectivity index (χ3v) is 5.66. The van der Waals surface area contributed by atoms with Crippen LogP contribution in [0.5, 0.6) is 5.75 Å². The number of nitrogens with one attached hydrogen (secondary N) is 1. The lowest BCUT2D eigenvalue weighted by Gasteiger charge is -2.23. The Balaban J connectivity index is 2.29. The standard InChI is InChI=1S/C17H21N3O3S/c1-13(10-11-18)20(2)24(21,22)19-12-16-15-7-5-4-6-14(15)8-9-17(16)23-3/h4-9,13,19H,10,12H2,1-3H3. The van der Waals surface area contributed by atoms with Crippen molar-refractivity contribution in [2.45, 2.75) is 25.9 Å². The second kappa shape index (κ2) is 7.62. The van der Waals surface area contributed by atoms with E-state index in [1.54, 1.807) is 14.0 Å². The van der Waals surface area contributed by atoms with Gasteiger partial charge in [0.25, 0.3) is 10.2 Å². The molecular formula is C17H21N3O3S. The van der Waals surface area contributed by atoms with Gasteiger partial charge in [0.1, 0.15) is 5.75 Å². The highest BCUT2D eigenvalue weighted by Gasteiger charge is 2.23. The average Bonchev–Trinajstić information content (AvgIpc) is 2.58. The SMILES string of the molecule is COc1ccc2ccccc2c1CNS(=O)(=O)N(C)C(C)CC#N. The Morgan fingerprint density at radius 2 is 2.00 bits per heavy atom. The van der Waals surface area contributed by atoms with Crippen molar-refractivity contribution in [3.8, 4) is 11.8 Å². The molecule has 128 valence electrons. The molecule has 6 nitrogen and oxygen atoms in total. The number of nitrogens with zero attached hydrogens (tertiary/aromatic N) is 2. The molecule has 0 aliphatic rings. The van der Waals surface area contributed by atoms with Crippen molar-refractivity contribution in [1.82, 2.24) is 9.03 Å². The van der Waals surface area contributed by atoms with Gasteiger partial charge in [-0.3, -0.25) is 0 Å². The number of benzene rings is 2. The van der Waals surface area contributed by atoms with Crippen LogP contribution in [0.3, 0.4) is 0 Å². The topological polar surface area (TPSA) is 82.4 Å². The van der Waals surface area contributed by atoms with Gasteiger partial charge >= 0.3 is 0 Å². The molecule has 0 fully saturated rings. The van der Waals surface area contributed by atoms with E-state index in [0.29, 0.717) is 5.75 Å². The molecule has 0 amide bonds. The molecule has 0 bridgehead atoms. The summed E-state index contributed by atoms with van der Waals surface area (Å²) in [5.41, 5.74) is 0.778. The van der Waals surface area contributed by atoms with Crippen molar-refractivity contribution >= 4 is 21.0 Å². The monoisotopic (exact) mass is 347 g/mol. The molecule has 1 atom stereocenters. The van der Waals surface area contributed by atoms with Crippen LogP contribution in [0, 0.1) is 11.3 Å². The average molecular weight is 347 g/mol. The van der Waals surface area contributed by atoms with Crippen molar-refractivity contribution in [1.29, 1.82) is 5.26 Å². The molecular weight excluding hydrogens is 326 g/mol. The van der Waals surface area contributed by atoms with Crippen LogP contribution in [-0.2, 0) is 16.8 Å². The zero-order chi connectivity index (χ0) is 17.7. The van der Waals surface area contributed by atoms with Crippen LogP contribution in [0.1, 0.15) is 18.9 Å². The molecule has 0 aromatic heterocycles. The van der Waals surface area contributed by atoms with Crippen LogP contribution in [0.25, 0.3) is 10.8 Å². The van der Waals surface area contributed by atoms with Gasteiger partial charge in [-0.1, -0.05) is 30.3 Å². The number of ether oxygens (including phenoxy) is 1. The number of hydrogen-bond donors (Lipinski definition) is 1. The Morgan fingerprint density at radius 1 is 1.29 bits per heavy atom. The molecule has 1 N–H and O–H groups in total. The Hall–Kier alpha value is -2.14. The molecule has 2 aromatic rings. The highest BCUT2D eigenvalue weighted by atomic mass is 32.2. The zero-order valence-corrected chi connectivity index (χ0v) is 14.8. The number of hydrogen-bond acceptors (Lipinski definition) is 4. The van der Waals surface area contributed by atoms with Gasteiger partial charge in [-0.05, 0) is 23.8 Å². The van der Waals surface area contributed by atoms with Crippen molar-refractivity contribution in [2.24, 2.45) is 0 Å². The first-order valence-corrected chi connectivity index (χ1v) is 8.99. The van der Waals surface area contributed by atoms with Gasteiger partial charge < -0.3 is 4.74 Å². The van der Waals surface area contributed by atoms with Crippen molar-refractivity contribution in [2.75, 3.05) is 14.2 Å². The van der Waals surface area contributed by atoms with Crippen molar-refractivity contribution in [3.05, 3.63) is 42.0 Å². The summed E-state index contributed by atoms with van der Waals surface area (Å²) in [5.74, 6) is 0.629. The molecule has 0 aliphatic heterocycles. The summed E-state index contributed by atoms with van der Waals surface area (Å²) < 4.78 is 34.0. The molecule has 0 spiro atoms. The fraction of sp³-hybridized carbons (Fsp3) is 0.353. The van der Waals surface area contributed by atoms with Crippen LogP contribution >= 0.6 is 0 Å². The van der Waals surface area contributed by atoms with E-state index >= 15 is 0 Å². The Kier molecular flexibility index (Phi) is 5.78. The minimum Gasteiger partial charge on any atom is -0.496 e. The van der Waals surface area contributed by atoms with Gasteiger partial charge in [0.05, 0.1) is 19.6 Å². The fourth-order valence-corrected chi connectivity index (χ4v) is 3.53. The lowest BCUT2D eigenvalue weighted by molar-refractivity contribution is 0.384. The van der Waals surface area contributed by atoms with Gasteiger partial charge in [0.2, 0.25) is 0 Å². The van der Waals surface area contributed by atoms with E-state index in [2.05, 4.69) is 4.72 Å². The predicted octanol–water partition coefficient (Wildman–Crippen LogP) is 2.42. The predicted molar refractivity (Wildman–Crippen MR) is 93.7 cm³/mol. The first-order valence-electron chi connectivity index (χ1n) is 7.55. The molecule has 0 radical (unpaired) electrons. The number of methoxy groups -OCH3 is 1. The summed E-state index contributed by atoms with van der Waals surface area (Å²) in [5, 5.41) is 10.7. The van der Waals surface area contributed by atoms with Crippen LogP contribution in [-0.4, -0.2) is 32.9 Å². The number of rotatable bonds is 7. The summed E-state index contributed by atoms with van der Waals surface area (Å²) in [4.78, 5) is 0. The van der Waals surface area contributed by atoms with E-state index in [1.165, 1.54) is 11.4 Å². The molecule has 2 aromatic carbocycles. The summed E-state index contributed by atoms with van der Waals surface area (Å²) in [7, 11) is -0.675. The fourth-order valence-electron chi connectivity index (χ4n) is 2.45. The van der Waals surface area contributed by atoms with Gasteiger partial charge in [0, 0.05) is 25.2 Å². The highest BCUT2D eigenvalue weighted by molar-refractivity contribution is 7.87. The van der Waals surface area contributed by atoms with Crippen molar-refractivity contribution < 1.29 is 13.2 Å². The molecule has 2 rings (SSSR count). The Morgan fingerprint density at radius 3 is 2.67 bits per heavy atom. The second-order valence-corrected chi connectivity index (χ2v) is 7.34. The lowest BCUT2D eigenvalue weighted by Crippen LogP contribution is -2.42. The van der Waals surface area contributed by atoms with E-state index < -0.39 is 16.3 Å². The van der Waals surface area contributed by atoms with Crippen LogP contribution in [0.4, 0.5) is 0 Å². The minimum absolute atomic E-state index is 0.108. The first-order chi connectivity index (χ1) is 11.4. The van der Waals surface area contributed by atoms with Crippen LogP contribution in [0.15, 0.2) is 36.4 Å². The van der Waals surface area contributed by atoms with Crippen LogP contribution in [0.2, 0.25) is 0 Å². The number of nitriles is 1. The molecule has 0 heterocycles. The quantitative estimate of drug-likeness (QED) is 0.834. The third kappa shape index (κ3) is 3.85. The second-order valence-electron chi connectivity index (χ2n) is 5.52. The van der Waals surface area contributed by atoms with E-state index in [9.17, 15) is 8.42 Å². The first kappa shape index (κ1) is 18.2. The maximum absolute atomic E-state index is 12.4. The largest absolute Gasteiger partial charge is 0.496 e. The van der Waals surface area contributed by atoms with E-state index in [0.717, 1.165) is 16.3 Å². The van der Waals surface area contributed by atoms with E-state index in [-0.39, 0.29) is 13.0 Å². The molecule has 1 unspecified atom stereocenters. The normalized spacial score (nSPS) is 13.0. The lowest BCUT2D eigenvalue weighted by atomic mass is 10.0. The molecule has 24 heavy (non-hydrogen) atoms.